The molecule has 0 radical (unpaired) electrons. The van der Waals surface area contributed by atoms with Crippen LogP contribution >= 0.6 is 0 Å². The minimum Gasteiger partial charge on any atom is -0.494 e. The minimum absolute atomic E-state index is 0.180. The monoisotopic (exact) mass is 350 g/mol. The smallest absolute Gasteiger partial charge is 0.255 e. The maximum atomic E-state index is 12.6. The number of carbonyl (C=O) groups is 1. The van der Waals surface area contributed by atoms with Crippen LogP contribution in [-0.2, 0) is 0 Å². The van der Waals surface area contributed by atoms with Crippen LogP contribution in [0.2, 0.25) is 0 Å². The molecule has 0 bridgehead atoms. The quantitative estimate of drug-likeness (QED) is 0.672. The van der Waals surface area contributed by atoms with Crippen molar-refractivity contribution in [2.24, 2.45) is 0 Å². The standard InChI is InChI=1S/C21H22N2O3/c1-3-14-26-19-12-11-18(17-6-5-13-22-20(17)19)23-21(24)15-7-9-16(10-8-15)25-4-2/h5-13H,3-4,14H2,1-2H3,(H,23,24). The van der Waals surface area contributed by atoms with Crippen LogP contribution in [0.5, 0.6) is 11.5 Å². The van der Waals surface area contributed by atoms with Gasteiger partial charge in [-0.05, 0) is 61.9 Å². The number of fused-ring (bicyclic) bond motifs is 1. The number of pyridine rings is 1. The molecule has 134 valence electrons. The van der Waals surface area contributed by atoms with Gasteiger partial charge in [0.1, 0.15) is 17.0 Å². The van der Waals surface area contributed by atoms with Gasteiger partial charge in [-0.25, -0.2) is 0 Å². The zero-order valence-corrected chi connectivity index (χ0v) is 15.0. The molecule has 0 fully saturated rings. The van der Waals surface area contributed by atoms with Crippen LogP contribution in [0.4, 0.5) is 5.69 Å². The summed E-state index contributed by atoms with van der Waals surface area (Å²) in [6, 6.07) is 14.5. The molecule has 0 atom stereocenters. The van der Waals surface area contributed by atoms with Gasteiger partial charge in [0.15, 0.2) is 0 Å². The van der Waals surface area contributed by atoms with Crippen molar-refractivity contribution in [2.75, 3.05) is 18.5 Å². The third-order valence-electron chi connectivity index (χ3n) is 3.87. The number of rotatable bonds is 7. The molecule has 1 N–H and O–H groups in total. The molecule has 1 aromatic heterocycles. The lowest BCUT2D eigenvalue weighted by Gasteiger charge is -2.12. The van der Waals surface area contributed by atoms with Crippen molar-refractivity contribution < 1.29 is 14.3 Å². The summed E-state index contributed by atoms with van der Waals surface area (Å²) >= 11 is 0. The first-order valence-corrected chi connectivity index (χ1v) is 8.77. The van der Waals surface area contributed by atoms with E-state index in [4.69, 9.17) is 9.47 Å². The molecule has 1 amide bonds. The second-order valence-corrected chi connectivity index (χ2v) is 5.77. The van der Waals surface area contributed by atoms with E-state index >= 15 is 0 Å². The molecule has 0 saturated heterocycles. The van der Waals surface area contributed by atoms with Crippen molar-refractivity contribution in [3.63, 3.8) is 0 Å². The first-order chi connectivity index (χ1) is 12.7. The summed E-state index contributed by atoms with van der Waals surface area (Å²) < 4.78 is 11.2. The summed E-state index contributed by atoms with van der Waals surface area (Å²) in [5.41, 5.74) is 2.01. The van der Waals surface area contributed by atoms with Gasteiger partial charge in [0.05, 0.1) is 18.9 Å². The van der Waals surface area contributed by atoms with Gasteiger partial charge < -0.3 is 14.8 Å². The third kappa shape index (κ3) is 3.94. The molecule has 3 aromatic rings. The average molecular weight is 350 g/mol. The molecule has 5 nitrogen and oxygen atoms in total. The molecule has 0 aliphatic heterocycles. The number of nitrogens with one attached hydrogen (secondary N) is 1. The van der Waals surface area contributed by atoms with E-state index < -0.39 is 0 Å². The Hall–Kier alpha value is -3.08. The fourth-order valence-corrected chi connectivity index (χ4v) is 2.65. The van der Waals surface area contributed by atoms with Crippen molar-refractivity contribution in [2.45, 2.75) is 20.3 Å². The van der Waals surface area contributed by atoms with Gasteiger partial charge in [-0.1, -0.05) is 6.92 Å². The van der Waals surface area contributed by atoms with E-state index in [9.17, 15) is 4.79 Å². The molecule has 2 aromatic carbocycles. The number of aromatic nitrogens is 1. The van der Waals surface area contributed by atoms with Crippen molar-refractivity contribution in [3.05, 3.63) is 60.3 Å². The first kappa shape index (κ1) is 17.7. The summed E-state index contributed by atoms with van der Waals surface area (Å²) in [7, 11) is 0. The number of carbonyl (C=O) groups excluding carboxylic acids is 1. The van der Waals surface area contributed by atoms with Crippen molar-refractivity contribution in [1.29, 1.82) is 0 Å². The Morgan fingerprint density at radius 2 is 1.85 bits per heavy atom. The van der Waals surface area contributed by atoms with Gasteiger partial charge in [0.25, 0.3) is 5.91 Å². The van der Waals surface area contributed by atoms with E-state index in [0.717, 1.165) is 28.8 Å². The molecule has 0 unspecified atom stereocenters. The van der Waals surface area contributed by atoms with Crippen LogP contribution in [0.25, 0.3) is 10.9 Å². The Bertz CT molecular complexity index is 891. The minimum atomic E-state index is -0.180. The summed E-state index contributed by atoms with van der Waals surface area (Å²) in [4.78, 5) is 17.0. The Morgan fingerprint density at radius 1 is 1.04 bits per heavy atom. The van der Waals surface area contributed by atoms with Crippen LogP contribution in [0, 0.1) is 0 Å². The van der Waals surface area contributed by atoms with E-state index in [-0.39, 0.29) is 5.91 Å². The van der Waals surface area contributed by atoms with E-state index in [0.29, 0.717) is 24.5 Å². The van der Waals surface area contributed by atoms with Gasteiger partial charge >= 0.3 is 0 Å². The van der Waals surface area contributed by atoms with Crippen LogP contribution in [-0.4, -0.2) is 24.1 Å². The highest BCUT2D eigenvalue weighted by molar-refractivity contribution is 6.09. The van der Waals surface area contributed by atoms with Gasteiger partial charge in [0.2, 0.25) is 0 Å². The highest BCUT2D eigenvalue weighted by atomic mass is 16.5. The van der Waals surface area contributed by atoms with Crippen molar-refractivity contribution >= 4 is 22.5 Å². The predicted octanol–water partition coefficient (Wildman–Crippen LogP) is 4.67. The molecule has 5 heteroatoms. The maximum Gasteiger partial charge on any atom is 0.255 e. The molecule has 3 rings (SSSR count). The fraction of sp³-hybridized carbons (Fsp3) is 0.238. The largest absolute Gasteiger partial charge is 0.494 e. The lowest BCUT2D eigenvalue weighted by molar-refractivity contribution is 0.102. The maximum absolute atomic E-state index is 12.6. The van der Waals surface area contributed by atoms with Gasteiger partial charge in [-0.2, -0.15) is 0 Å². The molecule has 0 saturated carbocycles. The second-order valence-electron chi connectivity index (χ2n) is 5.77. The Labute approximate surface area is 153 Å². The normalized spacial score (nSPS) is 10.5. The summed E-state index contributed by atoms with van der Waals surface area (Å²) in [5.74, 6) is 1.29. The molecule has 1 heterocycles. The summed E-state index contributed by atoms with van der Waals surface area (Å²) in [6.07, 6.45) is 2.64. The highest BCUT2D eigenvalue weighted by Gasteiger charge is 2.12. The fourth-order valence-electron chi connectivity index (χ4n) is 2.65. The molecular weight excluding hydrogens is 328 g/mol. The number of ether oxygens (including phenoxy) is 2. The first-order valence-electron chi connectivity index (χ1n) is 8.77. The number of hydrogen-bond acceptors (Lipinski definition) is 4. The topological polar surface area (TPSA) is 60.5 Å². The molecule has 0 aliphatic carbocycles. The number of hydrogen-bond donors (Lipinski definition) is 1. The Balaban J connectivity index is 1.85. The number of anilines is 1. The van der Waals surface area contributed by atoms with E-state index in [1.807, 2.05) is 31.2 Å². The van der Waals surface area contributed by atoms with E-state index in [2.05, 4.69) is 17.2 Å². The number of nitrogens with zero attached hydrogens (tertiary/aromatic N) is 1. The van der Waals surface area contributed by atoms with Crippen molar-refractivity contribution in [1.82, 2.24) is 4.98 Å². The Morgan fingerprint density at radius 3 is 2.58 bits per heavy atom. The number of amides is 1. The molecule has 0 spiro atoms. The van der Waals surface area contributed by atoms with Gasteiger partial charge in [-0.15, -0.1) is 0 Å². The van der Waals surface area contributed by atoms with E-state index in [1.165, 1.54) is 0 Å². The Kier molecular flexibility index (Phi) is 5.69. The lowest BCUT2D eigenvalue weighted by atomic mass is 10.1. The summed E-state index contributed by atoms with van der Waals surface area (Å²) in [5, 5.41) is 3.81. The average Bonchev–Trinajstić information content (AvgIpc) is 2.68. The van der Waals surface area contributed by atoms with Crippen LogP contribution in [0.3, 0.4) is 0 Å². The van der Waals surface area contributed by atoms with Crippen LogP contribution < -0.4 is 14.8 Å². The SMILES string of the molecule is CCCOc1ccc(NC(=O)c2ccc(OCC)cc2)c2cccnc12. The molecule has 26 heavy (non-hydrogen) atoms. The zero-order chi connectivity index (χ0) is 18.4. The second kappa shape index (κ2) is 8.34. The molecular formula is C21H22N2O3. The summed E-state index contributed by atoms with van der Waals surface area (Å²) in [6.45, 7) is 5.20. The van der Waals surface area contributed by atoms with Crippen LogP contribution in [0.1, 0.15) is 30.6 Å². The van der Waals surface area contributed by atoms with Crippen molar-refractivity contribution in [3.8, 4) is 11.5 Å². The van der Waals surface area contributed by atoms with Gasteiger partial charge in [-0.3, -0.25) is 9.78 Å². The number of benzene rings is 2. The highest BCUT2D eigenvalue weighted by Crippen LogP contribution is 2.30. The van der Waals surface area contributed by atoms with Gasteiger partial charge in [0, 0.05) is 17.1 Å². The predicted molar refractivity (Wildman–Crippen MR) is 103 cm³/mol. The third-order valence-corrected chi connectivity index (χ3v) is 3.87. The lowest BCUT2D eigenvalue weighted by Crippen LogP contribution is -2.12. The van der Waals surface area contributed by atoms with E-state index in [1.54, 1.807) is 30.5 Å². The molecule has 0 aliphatic rings. The van der Waals surface area contributed by atoms with Crippen LogP contribution in [0.15, 0.2) is 54.7 Å². The zero-order valence-electron chi connectivity index (χ0n) is 15.0.